The van der Waals surface area contributed by atoms with E-state index in [4.69, 9.17) is 0 Å². The largest absolute Gasteiger partial charge is 0.385 e. The van der Waals surface area contributed by atoms with Crippen molar-refractivity contribution in [3.8, 4) is 0 Å². The summed E-state index contributed by atoms with van der Waals surface area (Å²) in [5.74, 6) is 2.30. The van der Waals surface area contributed by atoms with E-state index < -0.39 is 0 Å². The molecule has 1 aromatic carbocycles. The molecule has 1 N–H and O–H groups in total. The number of nitro groups is 1. The first kappa shape index (κ1) is 12.8. The topological polar surface area (TPSA) is 55.2 Å². The lowest BCUT2D eigenvalue weighted by atomic mass is 10.3. The number of nitrogens with zero attached hydrogens (tertiary/aromatic N) is 1. The Balaban J connectivity index is 2.29. The van der Waals surface area contributed by atoms with Crippen molar-refractivity contribution in [1.29, 1.82) is 0 Å². The molecule has 0 radical (unpaired) electrons. The molecule has 0 aliphatic carbocycles. The van der Waals surface area contributed by atoms with Crippen LogP contribution in [0.5, 0.6) is 0 Å². The van der Waals surface area contributed by atoms with Crippen molar-refractivity contribution in [2.24, 2.45) is 0 Å². The summed E-state index contributed by atoms with van der Waals surface area (Å²) in [5, 5.41) is 13.7. The molecule has 16 heavy (non-hydrogen) atoms. The fraction of sp³-hybridized carbons (Fsp3) is 0.455. The second-order valence-corrected chi connectivity index (χ2v) is 4.68. The maximum absolute atomic E-state index is 10.4. The number of nitro benzene ring substituents is 1. The van der Waals surface area contributed by atoms with E-state index in [1.165, 1.54) is 12.1 Å². The third-order valence-corrected chi connectivity index (χ3v) is 3.06. The highest BCUT2D eigenvalue weighted by Gasteiger charge is 2.02. The minimum atomic E-state index is -0.387. The first-order valence-electron chi connectivity index (χ1n) is 5.30. The first-order chi connectivity index (χ1) is 7.74. The number of anilines is 1. The number of rotatable bonds is 7. The quantitative estimate of drug-likeness (QED) is 0.452. The molecule has 88 valence electrons. The second-order valence-electron chi connectivity index (χ2n) is 3.28. The van der Waals surface area contributed by atoms with Crippen molar-refractivity contribution in [3.05, 3.63) is 34.4 Å². The summed E-state index contributed by atoms with van der Waals surface area (Å²) in [6.07, 6.45) is 1.11. The van der Waals surface area contributed by atoms with E-state index in [-0.39, 0.29) is 10.6 Å². The van der Waals surface area contributed by atoms with Gasteiger partial charge >= 0.3 is 0 Å². The highest BCUT2D eigenvalue weighted by Crippen LogP contribution is 2.15. The Hall–Kier alpha value is -1.23. The van der Waals surface area contributed by atoms with E-state index in [9.17, 15) is 10.1 Å². The molecule has 0 aliphatic heterocycles. The van der Waals surface area contributed by atoms with Gasteiger partial charge in [-0.3, -0.25) is 10.1 Å². The molecule has 0 atom stereocenters. The van der Waals surface area contributed by atoms with Gasteiger partial charge in [-0.05, 0) is 30.1 Å². The molecule has 4 nitrogen and oxygen atoms in total. The standard InChI is InChI=1S/C11H16N2O2S/c1-2-16-9-3-8-12-10-4-6-11(7-5-10)13(14)15/h4-7,12H,2-3,8-9H2,1H3. The Morgan fingerprint density at radius 3 is 2.62 bits per heavy atom. The molecule has 0 heterocycles. The number of thioether (sulfide) groups is 1. The van der Waals surface area contributed by atoms with Crippen LogP contribution in [0.1, 0.15) is 13.3 Å². The van der Waals surface area contributed by atoms with Gasteiger partial charge in [0.05, 0.1) is 4.92 Å². The Morgan fingerprint density at radius 2 is 2.06 bits per heavy atom. The molecule has 0 saturated heterocycles. The van der Waals surface area contributed by atoms with E-state index in [2.05, 4.69) is 12.2 Å². The van der Waals surface area contributed by atoms with Crippen LogP contribution < -0.4 is 5.32 Å². The summed E-state index contributed by atoms with van der Waals surface area (Å²) in [4.78, 5) is 10.0. The lowest BCUT2D eigenvalue weighted by Crippen LogP contribution is -2.02. The van der Waals surface area contributed by atoms with Crippen LogP contribution in [-0.2, 0) is 0 Å². The van der Waals surface area contributed by atoms with Crippen LogP contribution in [0.15, 0.2) is 24.3 Å². The van der Waals surface area contributed by atoms with Crippen molar-refractivity contribution in [1.82, 2.24) is 0 Å². The molecule has 0 fully saturated rings. The molecule has 0 aromatic heterocycles. The van der Waals surface area contributed by atoms with Gasteiger partial charge < -0.3 is 5.32 Å². The molecular weight excluding hydrogens is 224 g/mol. The summed E-state index contributed by atoms with van der Waals surface area (Å²) < 4.78 is 0. The van der Waals surface area contributed by atoms with Gasteiger partial charge in [0.1, 0.15) is 0 Å². The predicted molar refractivity (Wildman–Crippen MR) is 69.2 cm³/mol. The molecule has 1 rings (SSSR count). The average Bonchev–Trinajstić information content (AvgIpc) is 2.29. The van der Waals surface area contributed by atoms with Crippen LogP contribution in [0, 0.1) is 10.1 Å². The Morgan fingerprint density at radius 1 is 1.38 bits per heavy atom. The maximum atomic E-state index is 10.4. The minimum absolute atomic E-state index is 0.132. The maximum Gasteiger partial charge on any atom is 0.269 e. The van der Waals surface area contributed by atoms with Crippen LogP contribution in [0.3, 0.4) is 0 Å². The molecule has 1 aromatic rings. The lowest BCUT2D eigenvalue weighted by Gasteiger charge is -2.05. The SMILES string of the molecule is CCSCCCNc1ccc([N+](=O)[O-])cc1. The van der Waals surface area contributed by atoms with Gasteiger partial charge in [-0.2, -0.15) is 11.8 Å². The van der Waals surface area contributed by atoms with Crippen LogP contribution in [0.4, 0.5) is 11.4 Å². The average molecular weight is 240 g/mol. The highest BCUT2D eigenvalue weighted by atomic mass is 32.2. The second kappa shape index (κ2) is 7.11. The van der Waals surface area contributed by atoms with Gasteiger partial charge in [-0.1, -0.05) is 6.92 Å². The number of nitrogens with one attached hydrogen (secondary N) is 1. The third-order valence-electron chi connectivity index (χ3n) is 2.08. The van der Waals surface area contributed by atoms with Crippen LogP contribution in [-0.4, -0.2) is 23.0 Å². The molecule has 0 aliphatic rings. The van der Waals surface area contributed by atoms with Crippen LogP contribution in [0.2, 0.25) is 0 Å². The van der Waals surface area contributed by atoms with Crippen molar-refractivity contribution in [3.63, 3.8) is 0 Å². The summed E-state index contributed by atoms with van der Waals surface area (Å²) in [6.45, 7) is 3.05. The van der Waals surface area contributed by atoms with Crippen molar-refractivity contribution >= 4 is 23.1 Å². The Kier molecular flexibility index (Phi) is 5.71. The first-order valence-corrected chi connectivity index (χ1v) is 6.45. The zero-order valence-electron chi connectivity index (χ0n) is 9.31. The van der Waals surface area contributed by atoms with Crippen LogP contribution in [0.25, 0.3) is 0 Å². The third kappa shape index (κ3) is 4.53. The van der Waals surface area contributed by atoms with Crippen molar-refractivity contribution in [2.75, 3.05) is 23.4 Å². The van der Waals surface area contributed by atoms with Gasteiger partial charge in [0.15, 0.2) is 0 Å². The Labute approximate surface area is 99.6 Å². The zero-order valence-corrected chi connectivity index (χ0v) is 10.1. The van der Waals surface area contributed by atoms with Gasteiger partial charge in [0.25, 0.3) is 5.69 Å². The monoisotopic (exact) mass is 240 g/mol. The summed E-state index contributed by atoms with van der Waals surface area (Å²) in [5.41, 5.74) is 1.07. The van der Waals surface area contributed by atoms with Crippen molar-refractivity contribution < 1.29 is 4.92 Å². The molecule has 0 unspecified atom stereocenters. The van der Waals surface area contributed by atoms with E-state index in [1.54, 1.807) is 12.1 Å². The van der Waals surface area contributed by atoms with Gasteiger partial charge in [-0.25, -0.2) is 0 Å². The Bertz CT molecular complexity index is 327. The fourth-order valence-electron chi connectivity index (χ4n) is 1.25. The van der Waals surface area contributed by atoms with Gasteiger partial charge in [0.2, 0.25) is 0 Å². The molecule has 0 amide bonds. The number of hydrogen-bond donors (Lipinski definition) is 1. The molecular formula is C11H16N2O2S. The predicted octanol–water partition coefficient (Wildman–Crippen LogP) is 3.15. The van der Waals surface area contributed by atoms with E-state index >= 15 is 0 Å². The lowest BCUT2D eigenvalue weighted by molar-refractivity contribution is -0.384. The highest BCUT2D eigenvalue weighted by molar-refractivity contribution is 7.99. The number of non-ortho nitro benzene ring substituents is 1. The molecule has 0 bridgehead atoms. The summed E-state index contributed by atoms with van der Waals surface area (Å²) >= 11 is 1.92. The minimum Gasteiger partial charge on any atom is -0.385 e. The number of benzene rings is 1. The summed E-state index contributed by atoms with van der Waals surface area (Å²) in [7, 11) is 0. The molecule has 5 heteroatoms. The molecule has 0 saturated carbocycles. The smallest absolute Gasteiger partial charge is 0.269 e. The fourth-order valence-corrected chi connectivity index (χ4v) is 1.89. The van der Waals surface area contributed by atoms with Gasteiger partial charge in [-0.15, -0.1) is 0 Å². The van der Waals surface area contributed by atoms with E-state index in [1.807, 2.05) is 11.8 Å². The normalized spacial score (nSPS) is 10.1. The van der Waals surface area contributed by atoms with Gasteiger partial charge in [0, 0.05) is 24.4 Å². The zero-order chi connectivity index (χ0) is 11.8. The summed E-state index contributed by atoms with van der Waals surface area (Å²) in [6, 6.07) is 6.52. The number of hydrogen-bond acceptors (Lipinski definition) is 4. The van der Waals surface area contributed by atoms with E-state index in [0.717, 1.165) is 30.2 Å². The molecule has 0 spiro atoms. The van der Waals surface area contributed by atoms with Crippen molar-refractivity contribution in [2.45, 2.75) is 13.3 Å². The van der Waals surface area contributed by atoms with E-state index in [0.29, 0.717) is 0 Å². The van der Waals surface area contributed by atoms with Crippen LogP contribution >= 0.6 is 11.8 Å².